The van der Waals surface area contributed by atoms with Gasteiger partial charge in [-0.15, -0.1) is 0 Å². The van der Waals surface area contributed by atoms with E-state index in [4.69, 9.17) is 12.2 Å². The first-order chi connectivity index (χ1) is 8.49. The van der Waals surface area contributed by atoms with Crippen molar-refractivity contribution in [2.24, 2.45) is 0 Å². The Balaban J connectivity index is 2.26. The molecule has 1 fully saturated rings. The highest BCUT2D eigenvalue weighted by molar-refractivity contribution is 8.26. The summed E-state index contributed by atoms with van der Waals surface area (Å²) in [6.07, 6.45) is 1.68. The number of hydrogen-bond acceptors (Lipinski definition) is 5. The molecule has 1 amide bonds. The van der Waals surface area contributed by atoms with E-state index in [-0.39, 0.29) is 11.5 Å². The number of carbonyl (C=O) groups is 2. The van der Waals surface area contributed by atoms with Gasteiger partial charge in [-0.25, -0.2) is 0 Å². The normalized spacial score (nSPS) is 17.6. The van der Waals surface area contributed by atoms with Gasteiger partial charge in [0.2, 0.25) is 0 Å². The largest absolute Gasteiger partial charge is 0.545 e. The summed E-state index contributed by atoms with van der Waals surface area (Å²) in [5.41, 5.74) is 0.851. The first-order valence-electron chi connectivity index (χ1n) is 5.02. The van der Waals surface area contributed by atoms with Crippen LogP contribution < -0.4 is 5.11 Å². The molecule has 0 saturated carbocycles. The molecule has 92 valence electrons. The van der Waals surface area contributed by atoms with Crippen molar-refractivity contribution in [3.05, 3.63) is 40.3 Å². The highest BCUT2D eigenvalue weighted by Gasteiger charge is 2.28. The van der Waals surface area contributed by atoms with Crippen LogP contribution in [0.1, 0.15) is 15.9 Å². The number of benzene rings is 1. The maximum atomic E-state index is 11.7. The van der Waals surface area contributed by atoms with Crippen LogP contribution in [-0.2, 0) is 4.79 Å². The van der Waals surface area contributed by atoms with Gasteiger partial charge in [0.25, 0.3) is 5.91 Å². The zero-order chi connectivity index (χ0) is 13.3. The van der Waals surface area contributed by atoms with Crippen molar-refractivity contribution in [3.8, 4) is 0 Å². The lowest BCUT2D eigenvalue weighted by Gasteiger charge is -2.04. The third-order valence-electron chi connectivity index (χ3n) is 2.43. The quantitative estimate of drug-likeness (QED) is 0.594. The van der Waals surface area contributed by atoms with Gasteiger partial charge in [-0.3, -0.25) is 9.69 Å². The van der Waals surface area contributed by atoms with Crippen molar-refractivity contribution in [3.63, 3.8) is 0 Å². The topological polar surface area (TPSA) is 60.4 Å². The van der Waals surface area contributed by atoms with Crippen LogP contribution in [0.2, 0.25) is 0 Å². The number of thioether (sulfide) groups is 1. The maximum Gasteiger partial charge on any atom is 0.265 e. The highest BCUT2D eigenvalue weighted by atomic mass is 32.2. The number of hydrogen-bond donors (Lipinski definition) is 0. The molecule has 6 heteroatoms. The average Bonchev–Trinajstić information content (AvgIpc) is 2.58. The standard InChI is InChI=1S/C12H9NO3S2/c1-13-10(14)9(18-12(13)17)6-7-2-4-8(5-3-7)11(15)16/h2-6H,1H3,(H,15,16)/p-1/b9-6-. The van der Waals surface area contributed by atoms with Gasteiger partial charge in [-0.1, -0.05) is 48.2 Å². The van der Waals surface area contributed by atoms with E-state index >= 15 is 0 Å². The second kappa shape index (κ2) is 4.91. The molecule has 1 aliphatic heterocycles. The van der Waals surface area contributed by atoms with E-state index in [1.165, 1.54) is 28.8 Å². The van der Waals surface area contributed by atoms with Gasteiger partial charge in [-0.2, -0.15) is 0 Å². The Labute approximate surface area is 113 Å². The molecule has 1 aliphatic rings. The smallest absolute Gasteiger partial charge is 0.265 e. The summed E-state index contributed by atoms with van der Waals surface area (Å²) < 4.78 is 0.512. The third kappa shape index (κ3) is 2.44. The van der Waals surface area contributed by atoms with Gasteiger partial charge < -0.3 is 9.90 Å². The second-order valence-corrected chi connectivity index (χ2v) is 5.33. The summed E-state index contributed by atoms with van der Waals surface area (Å²) in [4.78, 5) is 24.3. The van der Waals surface area contributed by atoms with Crippen LogP contribution in [0, 0.1) is 0 Å². The fourth-order valence-electron chi connectivity index (χ4n) is 1.41. The van der Waals surface area contributed by atoms with E-state index in [0.717, 1.165) is 5.56 Å². The molecule has 0 aromatic heterocycles. The fourth-order valence-corrected chi connectivity index (χ4v) is 2.59. The van der Waals surface area contributed by atoms with E-state index < -0.39 is 5.97 Å². The van der Waals surface area contributed by atoms with Crippen LogP contribution in [0.25, 0.3) is 6.08 Å². The van der Waals surface area contributed by atoms with Crippen LogP contribution in [0.15, 0.2) is 29.2 Å². The fraction of sp³-hybridized carbons (Fsp3) is 0.0833. The van der Waals surface area contributed by atoms with Gasteiger partial charge in [0.05, 0.1) is 10.9 Å². The number of carbonyl (C=O) groups excluding carboxylic acids is 2. The molecular formula is C12H8NO3S2-. The Morgan fingerprint density at radius 3 is 2.44 bits per heavy atom. The van der Waals surface area contributed by atoms with Gasteiger partial charge in [0.15, 0.2) is 0 Å². The zero-order valence-corrected chi connectivity index (χ0v) is 11.0. The Bertz CT molecular complexity index is 563. The minimum absolute atomic E-state index is 0.107. The molecule has 0 N–H and O–H groups in total. The van der Waals surface area contributed by atoms with Gasteiger partial charge in [-0.05, 0) is 17.2 Å². The predicted molar refractivity (Wildman–Crippen MR) is 71.7 cm³/mol. The van der Waals surface area contributed by atoms with Crippen molar-refractivity contribution < 1.29 is 14.7 Å². The van der Waals surface area contributed by atoms with Crippen LogP contribution >= 0.6 is 24.0 Å². The SMILES string of the molecule is CN1C(=O)/C(=C/c2ccc(C(=O)[O-])cc2)SC1=S. The number of thiocarbonyl (C=S) groups is 1. The number of likely N-dealkylation sites (N-methyl/N-ethyl adjacent to an activating group) is 1. The molecule has 1 saturated heterocycles. The molecule has 1 aromatic rings. The molecule has 0 radical (unpaired) electrons. The first kappa shape index (κ1) is 12.8. The van der Waals surface area contributed by atoms with Crippen molar-refractivity contribution in [1.29, 1.82) is 0 Å². The third-order valence-corrected chi connectivity index (χ3v) is 3.92. The number of aromatic carboxylic acids is 1. The number of rotatable bonds is 2. The van der Waals surface area contributed by atoms with E-state index in [2.05, 4.69) is 0 Å². The Morgan fingerprint density at radius 2 is 2.00 bits per heavy atom. The molecule has 0 bridgehead atoms. The average molecular weight is 278 g/mol. The lowest BCUT2D eigenvalue weighted by molar-refractivity contribution is -0.255. The summed E-state index contributed by atoms with van der Waals surface area (Å²) in [6.45, 7) is 0. The molecule has 1 aromatic carbocycles. The summed E-state index contributed by atoms with van der Waals surface area (Å²) in [6, 6.07) is 6.11. The lowest BCUT2D eigenvalue weighted by Crippen LogP contribution is -2.22. The number of carboxylic acids is 1. The Kier molecular flexibility index (Phi) is 3.49. The minimum atomic E-state index is -1.22. The van der Waals surface area contributed by atoms with Gasteiger partial charge in [0.1, 0.15) is 4.32 Å². The molecular weight excluding hydrogens is 270 g/mol. The molecule has 0 unspecified atom stereocenters. The first-order valence-corrected chi connectivity index (χ1v) is 6.24. The zero-order valence-electron chi connectivity index (χ0n) is 9.38. The Hall–Kier alpha value is -1.66. The molecule has 4 nitrogen and oxygen atoms in total. The van der Waals surface area contributed by atoms with E-state index in [1.54, 1.807) is 25.3 Å². The molecule has 2 rings (SSSR count). The van der Waals surface area contributed by atoms with E-state index in [9.17, 15) is 14.7 Å². The van der Waals surface area contributed by atoms with Crippen LogP contribution in [0.3, 0.4) is 0 Å². The van der Waals surface area contributed by atoms with Crippen molar-refractivity contribution in [2.75, 3.05) is 7.05 Å². The monoisotopic (exact) mass is 278 g/mol. The van der Waals surface area contributed by atoms with E-state index in [0.29, 0.717) is 9.23 Å². The second-order valence-electron chi connectivity index (χ2n) is 3.65. The van der Waals surface area contributed by atoms with Crippen molar-refractivity contribution in [2.45, 2.75) is 0 Å². The van der Waals surface area contributed by atoms with Gasteiger partial charge >= 0.3 is 0 Å². The van der Waals surface area contributed by atoms with Crippen molar-refractivity contribution in [1.82, 2.24) is 4.90 Å². The van der Waals surface area contributed by atoms with Crippen LogP contribution in [-0.4, -0.2) is 28.1 Å². The van der Waals surface area contributed by atoms with Crippen LogP contribution in [0.4, 0.5) is 0 Å². The molecule has 1 heterocycles. The summed E-state index contributed by atoms with van der Waals surface area (Å²) in [5.74, 6) is -1.37. The molecule has 0 atom stereocenters. The Morgan fingerprint density at radius 1 is 1.39 bits per heavy atom. The summed E-state index contributed by atoms with van der Waals surface area (Å²) >= 11 is 6.24. The molecule has 0 aliphatic carbocycles. The number of carboxylic acid groups (broad SMARTS) is 1. The van der Waals surface area contributed by atoms with Gasteiger partial charge in [0, 0.05) is 7.05 Å². The van der Waals surface area contributed by atoms with E-state index in [1.807, 2.05) is 0 Å². The molecule has 18 heavy (non-hydrogen) atoms. The molecule has 0 spiro atoms. The van der Waals surface area contributed by atoms with Crippen LogP contribution in [0.5, 0.6) is 0 Å². The summed E-state index contributed by atoms with van der Waals surface area (Å²) in [7, 11) is 1.62. The number of amides is 1. The maximum absolute atomic E-state index is 11.7. The summed E-state index contributed by atoms with van der Waals surface area (Å²) in [5, 5.41) is 10.6. The highest BCUT2D eigenvalue weighted by Crippen LogP contribution is 2.31. The predicted octanol–water partition coefficient (Wildman–Crippen LogP) is 0.881. The number of nitrogens with zero attached hydrogens (tertiary/aromatic N) is 1. The van der Waals surface area contributed by atoms with Crippen molar-refractivity contribution >= 4 is 46.3 Å². The lowest BCUT2D eigenvalue weighted by atomic mass is 10.1. The minimum Gasteiger partial charge on any atom is -0.545 e.